The number of benzene rings is 2. The molecule has 2 aromatic carbocycles. The lowest BCUT2D eigenvalue weighted by Crippen LogP contribution is -1.84. The molecule has 0 atom stereocenters. The molecule has 0 saturated carbocycles. The first-order valence-corrected chi connectivity index (χ1v) is 7.60. The molecule has 2 aromatic rings. The standard InChI is InChI=1S/C16H16.2C2H6/c1-3-7-14-11-10-13(2)12-16(14)15-8-5-4-6-9-15;2*1-2/h3-12H,1-2H3;2*1-2H3/b7-3+;;. The van der Waals surface area contributed by atoms with Crippen molar-refractivity contribution in [3.63, 3.8) is 0 Å². The van der Waals surface area contributed by atoms with Gasteiger partial charge in [-0.25, -0.2) is 0 Å². The van der Waals surface area contributed by atoms with Crippen LogP contribution in [0.2, 0.25) is 0 Å². The number of aryl methyl sites for hydroxylation is 1. The van der Waals surface area contributed by atoms with Crippen molar-refractivity contribution in [3.05, 3.63) is 65.7 Å². The topological polar surface area (TPSA) is 0 Å². The highest BCUT2D eigenvalue weighted by Crippen LogP contribution is 2.25. The lowest BCUT2D eigenvalue weighted by molar-refractivity contribution is 1.45. The van der Waals surface area contributed by atoms with Crippen LogP contribution in [0.4, 0.5) is 0 Å². The third-order valence-electron chi connectivity index (χ3n) is 2.64. The zero-order valence-electron chi connectivity index (χ0n) is 13.8. The first kappa shape index (κ1) is 18.2. The Labute approximate surface area is 125 Å². The molecule has 2 rings (SSSR count). The molecule has 0 aliphatic rings. The molecular weight excluding hydrogens is 240 g/mol. The lowest BCUT2D eigenvalue weighted by Gasteiger charge is -2.07. The van der Waals surface area contributed by atoms with Gasteiger partial charge in [-0.15, -0.1) is 0 Å². The second-order valence-electron chi connectivity index (χ2n) is 3.96. The van der Waals surface area contributed by atoms with E-state index in [2.05, 4.69) is 74.5 Å². The maximum absolute atomic E-state index is 2.24. The van der Waals surface area contributed by atoms with Gasteiger partial charge in [0, 0.05) is 0 Å². The summed E-state index contributed by atoms with van der Waals surface area (Å²) in [5.74, 6) is 0. The van der Waals surface area contributed by atoms with E-state index in [1.54, 1.807) is 0 Å². The fourth-order valence-corrected chi connectivity index (χ4v) is 1.86. The van der Waals surface area contributed by atoms with Crippen molar-refractivity contribution in [2.75, 3.05) is 0 Å². The molecule has 0 aliphatic heterocycles. The second-order valence-corrected chi connectivity index (χ2v) is 3.96. The SMILES string of the molecule is C/C=C/c1ccc(C)cc1-c1ccccc1.CC.CC. The minimum Gasteiger partial charge on any atom is -0.0870 e. The Morgan fingerprint density at radius 1 is 0.800 bits per heavy atom. The molecule has 0 nitrogen and oxygen atoms in total. The molecule has 0 fully saturated rings. The zero-order valence-corrected chi connectivity index (χ0v) is 13.8. The summed E-state index contributed by atoms with van der Waals surface area (Å²) in [6.45, 7) is 12.2. The monoisotopic (exact) mass is 268 g/mol. The second kappa shape index (κ2) is 11.0. The smallest absolute Gasteiger partial charge is 0.0109 e. The van der Waals surface area contributed by atoms with Crippen molar-refractivity contribution in [2.24, 2.45) is 0 Å². The van der Waals surface area contributed by atoms with Crippen molar-refractivity contribution >= 4 is 6.08 Å². The lowest BCUT2D eigenvalue weighted by atomic mass is 9.97. The van der Waals surface area contributed by atoms with Crippen molar-refractivity contribution in [1.29, 1.82) is 0 Å². The Morgan fingerprint density at radius 2 is 1.40 bits per heavy atom. The molecule has 20 heavy (non-hydrogen) atoms. The summed E-state index contributed by atoms with van der Waals surface area (Å²) in [5.41, 5.74) is 5.16. The van der Waals surface area contributed by atoms with Gasteiger partial charge < -0.3 is 0 Å². The van der Waals surface area contributed by atoms with E-state index in [0.717, 1.165) is 0 Å². The van der Waals surface area contributed by atoms with Crippen LogP contribution in [0.5, 0.6) is 0 Å². The van der Waals surface area contributed by atoms with Gasteiger partial charge in [0.2, 0.25) is 0 Å². The van der Waals surface area contributed by atoms with Gasteiger partial charge in [-0.05, 0) is 30.5 Å². The molecule has 0 spiro atoms. The maximum Gasteiger partial charge on any atom is -0.0109 e. The van der Waals surface area contributed by atoms with E-state index in [4.69, 9.17) is 0 Å². The highest BCUT2D eigenvalue weighted by Gasteiger charge is 2.02. The van der Waals surface area contributed by atoms with E-state index in [9.17, 15) is 0 Å². The van der Waals surface area contributed by atoms with E-state index in [-0.39, 0.29) is 0 Å². The molecule has 0 saturated heterocycles. The third-order valence-corrected chi connectivity index (χ3v) is 2.64. The van der Waals surface area contributed by atoms with E-state index in [1.165, 1.54) is 22.3 Å². The number of hydrogen-bond donors (Lipinski definition) is 0. The molecule has 0 heteroatoms. The number of allylic oxidation sites excluding steroid dienone is 1. The van der Waals surface area contributed by atoms with Crippen molar-refractivity contribution in [3.8, 4) is 11.1 Å². The van der Waals surface area contributed by atoms with Crippen LogP contribution < -0.4 is 0 Å². The van der Waals surface area contributed by atoms with E-state index in [1.807, 2.05) is 27.7 Å². The molecule has 0 N–H and O–H groups in total. The van der Waals surface area contributed by atoms with E-state index < -0.39 is 0 Å². The highest BCUT2D eigenvalue weighted by molar-refractivity contribution is 5.75. The summed E-state index contributed by atoms with van der Waals surface area (Å²) >= 11 is 0. The molecule has 0 amide bonds. The molecule has 0 unspecified atom stereocenters. The summed E-state index contributed by atoms with van der Waals surface area (Å²) in [5, 5.41) is 0. The maximum atomic E-state index is 2.24. The Hall–Kier alpha value is -1.82. The van der Waals surface area contributed by atoms with Gasteiger partial charge in [-0.2, -0.15) is 0 Å². The van der Waals surface area contributed by atoms with Gasteiger partial charge >= 0.3 is 0 Å². The molecule has 0 bridgehead atoms. The predicted molar refractivity (Wildman–Crippen MR) is 94.0 cm³/mol. The molecule has 0 heterocycles. The summed E-state index contributed by atoms with van der Waals surface area (Å²) < 4.78 is 0. The van der Waals surface area contributed by atoms with Crippen molar-refractivity contribution in [1.82, 2.24) is 0 Å². The normalized spacial score (nSPS) is 9.30. The number of rotatable bonds is 2. The fraction of sp³-hybridized carbons (Fsp3) is 0.300. The summed E-state index contributed by atoms with van der Waals surface area (Å²) in [7, 11) is 0. The van der Waals surface area contributed by atoms with Crippen LogP contribution >= 0.6 is 0 Å². The van der Waals surface area contributed by atoms with Crippen LogP contribution in [0.1, 0.15) is 45.7 Å². The van der Waals surface area contributed by atoms with Gasteiger partial charge in [0.15, 0.2) is 0 Å². The Kier molecular flexibility index (Phi) is 10.0. The quantitative estimate of drug-likeness (QED) is 0.565. The third kappa shape index (κ3) is 5.44. The van der Waals surface area contributed by atoms with Crippen LogP contribution in [0, 0.1) is 6.92 Å². The average Bonchev–Trinajstić information content (AvgIpc) is 2.54. The van der Waals surface area contributed by atoms with Crippen LogP contribution in [-0.2, 0) is 0 Å². The van der Waals surface area contributed by atoms with Crippen LogP contribution in [0.3, 0.4) is 0 Å². The van der Waals surface area contributed by atoms with Crippen molar-refractivity contribution in [2.45, 2.75) is 41.5 Å². The Balaban J connectivity index is 0.000000829. The Bertz CT molecular complexity index is 493. The molecular formula is C20H28. The molecule has 0 radical (unpaired) electrons. The zero-order chi connectivity index (χ0) is 15.4. The minimum absolute atomic E-state index is 1.28. The van der Waals surface area contributed by atoms with Crippen LogP contribution in [0.25, 0.3) is 17.2 Å². The molecule has 0 aliphatic carbocycles. The predicted octanol–water partition coefficient (Wildman–Crippen LogP) is 6.75. The van der Waals surface area contributed by atoms with Gasteiger partial charge in [-0.1, -0.05) is 93.9 Å². The molecule has 108 valence electrons. The number of hydrogen-bond acceptors (Lipinski definition) is 0. The summed E-state index contributed by atoms with van der Waals surface area (Å²) in [6, 6.07) is 17.1. The van der Waals surface area contributed by atoms with Gasteiger partial charge in [-0.3, -0.25) is 0 Å². The first-order valence-electron chi connectivity index (χ1n) is 7.60. The van der Waals surface area contributed by atoms with Gasteiger partial charge in [0.1, 0.15) is 0 Å². The first-order chi connectivity index (χ1) is 9.81. The van der Waals surface area contributed by atoms with Crippen LogP contribution in [0.15, 0.2) is 54.6 Å². The van der Waals surface area contributed by atoms with Gasteiger partial charge in [0.05, 0.1) is 0 Å². The highest BCUT2D eigenvalue weighted by atomic mass is 14.1. The largest absolute Gasteiger partial charge is 0.0870 e. The van der Waals surface area contributed by atoms with Gasteiger partial charge in [0.25, 0.3) is 0 Å². The van der Waals surface area contributed by atoms with E-state index in [0.29, 0.717) is 0 Å². The average molecular weight is 268 g/mol. The molecule has 0 aromatic heterocycles. The summed E-state index contributed by atoms with van der Waals surface area (Å²) in [4.78, 5) is 0. The fourth-order valence-electron chi connectivity index (χ4n) is 1.86. The van der Waals surface area contributed by atoms with Crippen molar-refractivity contribution < 1.29 is 0 Å². The summed E-state index contributed by atoms with van der Waals surface area (Å²) in [6.07, 6.45) is 4.23. The van der Waals surface area contributed by atoms with E-state index >= 15 is 0 Å². The Morgan fingerprint density at radius 3 is 1.95 bits per heavy atom. The minimum atomic E-state index is 1.28. The van der Waals surface area contributed by atoms with Crippen LogP contribution in [-0.4, -0.2) is 0 Å².